The highest BCUT2D eigenvalue weighted by atomic mass is 31.1. The number of aliphatic hydroxyl groups is 1. The first-order valence-electron chi connectivity index (χ1n) is 3.67. The van der Waals surface area contributed by atoms with Crippen molar-refractivity contribution < 1.29 is 14.2 Å². The van der Waals surface area contributed by atoms with Crippen LogP contribution in [-0.4, -0.2) is 17.1 Å². The maximum atomic E-state index is 11.0. The van der Waals surface area contributed by atoms with Crippen molar-refractivity contribution in [3.63, 3.8) is 0 Å². The lowest BCUT2D eigenvalue weighted by atomic mass is 10.3. The average Bonchev–Trinajstić information content (AvgIpc) is 1.53. The second-order valence-corrected chi connectivity index (χ2v) is 4.66. The Hall–Kier alpha value is 0.0200. The van der Waals surface area contributed by atoms with Crippen LogP contribution in [0, 0.1) is 5.92 Å². The Morgan fingerprint density at radius 3 is 2.27 bits per heavy atom. The van der Waals surface area contributed by atoms with Gasteiger partial charge in [0.2, 0.25) is 5.79 Å². The molecule has 0 fully saturated rings. The van der Waals surface area contributed by atoms with Gasteiger partial charge in [-0.1, -0.05) is 13.8 Å². The predicted molar refractivity (Wildman–Crippen MR) is 44.7 cm³/mol. The highest BCUT2D eigenvalue weighted by molar-refractivity contribution is 7.39. The van der Waals surface area contributed by atoms with E-state index < -0.39 is 13.8 Å². The molecule has 0 aromatic carbocycles. The van der Waals surface area contributed by atoms with Crippen molar-refractivity contribution in [2.24, 2.45) is 5.92 Å². The van der Waals surface area contributed by atoms with Crippen molar-refractivity contribution in [1.82, 2.24) is 0 Å². The highest BCUT2D eigenvalue weighted by Crippen LogP contribution is 2.30. The molecule has 0 amide bonds. The number of rotatable bonds is 4. The molecular formula is C7H16O3P+. The molecule has 66 valence electrons. The summed E-state index contributed by atoms with van der Waals surface area (Å²) in [5.41, 5.74) is 0. The Labute approximate surface area is 68.6 Å². The first kappa shape index (κ1) is 11.0. The van der Waals surface area contributed by atoms with E-state index in [0.717, 1.165) is 0 Å². The van der Waals surface area contributed by atoms with Gasteiger partial charge < -0.3 is 5.11 Å². The van der Waals surface area contributed by atoms with Crippen LogP contribution < -0.4 is 0 Å². The van der Waals surface area contributed by atoms with Gasteiger partial charge >= 0.3 is 8.03 Å². The molecule has 0 saturated carbocycles. The molecule has 0 aliphatic carbocycles. The third kappa shape index (κ3) is 7.92. The molecule has 0 radical (unpaired) electrons. The maximum absolute atomic E-state index is 11.0. The van der Waals surface area contributed by atoms with E-state index in [-0.39, 0.29) is 0 Å². The van der Waals surface area contributed by atoms with E-state index in [1.54, 1.807) is 0 Å². The second kappa shape index (κ2) is 4.15. The summed E-state index contributed by atoms with van der Waals surface area (Å²) >= 11 is 0. The first-order valence-corrected chi connectivity index (χ1v) is 5.03. The first-order chi connectivity index (χ1) is 4.81. The van der Waals surface area contributed by atoms with Gasteiger partial charge in [0.1, 0.15) is 0 Å². The summed E-state index contributed by atoms with van der Waals surface area (Å²) in [7, 11) is -1.71. The molecule has 0 bridgehead atoms. The molecule has 4 heteroatoms. The quantitative estimate of drug-likeness (QED) is 0.531. The number of hydrogen-bond donors (Lipinski definition) is 1. The molecule has 0 aromatic heterocycles. The van der Waals surface area contributed by atoms with E-state index in [1.165, 1.54) is 13.8 Å². The molecule has 0 spiro atoms. The van der Waals surface area contributed by atoms with E-state index in [4.69, 9.17) is 9.63 Å². The summed E-state index contributed by atoms with van der Waals surface area (Å²) in [6.45, 7) is 6.86. The Kier molecular flexibility index (Phi) is 4.16. The lowest BCUT2D eigenvalue weighted by Crippen LogP contribution is -2.19. The molecule has 1 unspecified atom stereocenters. The van der Waals surface area contributed by atoms with Crippen molar-refractivity contribution in [3.8, 4) is 0 Å². The third-order valence-electron chi connectivity index (χ3n) is 0.839. The molecule has 1 N–H and O–H groups in total. The van der Waals surface area contributed by atoms with Gasteiger partial charge in [0.15, 0.2) is 6.16 Å². The predicted octanol–water partition coefficient (Wildman–Crippen LogP) is 2.13. The van der Waals surface area contributed by atoms with E-state index in [2.05, 4.69) is 0 Å². The Morgan fingerprint density at radius 2 is 2.00 bits per heavy atom. The standard InChI is InChI=1S/C7H16O3P/c1-6(2)5-11(9)10-7(3,4)8/h6,8H,5H2,1-4H3/q+1. The topological polar surface area (TPSA) is 46.5 Å². The van der Waals surface area contributed by atoms with Crippen molar-refractivity contribution in [2.75, 3.05) is 6.16 Å². The fraction of sp³-hybridized carbons (Fsp3) is 1.00. The van der Waals surface area contributed by atoms with Gasteiger partial charge in [-0.2, -0.15) is 0 Å². The summed E-state index contributed by atoms with van der Waals surface area (Å²) in [6.07, 6.45) is 0.499. The van der Waals surface area contributed by atoms with Gasteiger partial charge in [-0.15, -0.1) is 4.52 Å². The summed E-state index contributed by atoms with van der Waals surface area (Å²) in [6, 6.07) is 0. The van der Waals surface area contributed by atoms with Crippen LogP contribution in [0.4, 0.5) is 0 Å². The fourth-order valence-corrected chi connectivity index (χ4v) is 1.75. The van der Waals surface area contributed by atoms with Gasteiger partial charge in [0.25, 0.3) is 0 Å². The summed E-state index contributed by atoms with van der Waals surface area (Å²) in [5.74, 6) is -0.941. The Balaban J connectivity index is 3.71. The molecule has 0 aliphatic rings. The largest absolute Gasteiger partial charge is 0.511 e. The van der Waals surface area contributed by atoms with E-state index >= 15 is 0 Å². The van der Waals surface area contributed by atoms with Crippen LogP contribution in [-0.2, 0) is 9.09 Å². The van der Waals surface area contributed by atoms with Crippen molar-refractivity contribution in [3.05, 3.63) is 0 Å². The summed E-state index contributed by atoms with van der Waals surface area (Å²) in [4.78, 5) is 0. The lowest BCUT2D eigenvalue weighted by Gasteiger charge is -2.08. The molecule has 0 aliphatic heterocycles. The van der Waals surface area contributed by atoms with Gasteiger partial charge in [-0.05, 0) is 18.4 Å². The third-order valence-corrected chi connectivity index (χ3v) is 2.52. The minimum atomic E-state index is -1.71. The van der Waals surface area contributed by atoms with Crippen molar-refractivity contribution in [1.29, 1.82) is 0 Å². The molecule has 11 heavy (non-hydrogen) atoms. The summed E-state index contributed by atoms with van der Waals surface area (Å²) < 4.78 is 15.8. The van der Waals surface area contributed by atoms with Crippen molar-refractivity contribution >= 4 is 8.03 Å². The minimum Gasteiger partial charge on any atom is -0.362 e. The van der Waals surface area contributed by atoms with Crippen LogP contribution in [0.1, 0.15) is 27.7 Å². The van der Waals surface area contributed by atoms with Gasteiger partial charge in [0.05, 0.1) is 0 Å². The van der Waals surface area contributed by atoms with Crippen LogP contribution >= 0.6 is 8.03 Å². The molecule has 1 atom stereocenters. The average molecular weight is 179 g/mol. The number of hydrogen-bond acceptors (Lipinski definition) is 3. The van der Waals surface area contributed by atoms with Crippen LogP contribution in [0.25, 0.3) is 0 Å². The maximum Gasteiger partial charge on any atom is 0.511 e. The van der Waals surface area contributed by atoms with Gasteiger partial charge in [0, 0.05) is 5.92 Å². The normalized spacial score (nSPS) is 13.8. The van der Waals surface area contributed by atoms with Gasteiger partial charge in [-0.25, -0.2) is 0 Å². The zero-order valence-electron chi connectivity index (χ0n) is 7.50. The molecule has 0 rings (SSSR count). The van der Waals surface area contributed by atoms with Crippen LogP contribution in [0.2, 0.25) is 0 Å². The van der Waals surface area contributed by atoms with E-state index in [0.29, 0.717) is 12.1 Å². The monoisotopic (exact) mass is 179 g/mol. The zero-order valence-corrected chi connectivity index (χ0v) is 8.39. The van der Waals surface area contributed by atoms with Crippen molar-refractivity contribution in [2.45, 2.75) is 33.5 Å². The fourth-order valence-electron chi connectivity index (χ4n) is 0.585. The highest BCUT2D eigenvalue weighted by Gasteiger charge is 2.29. The summed E-state index contributed by atoms with van der Waals surface area (Å²) in [5, 5.41) is 9.09. The van der Waals surface area contributed by atoms with Crippen LogP contribution in [0.5, 0.6) is 0 Å². The van der Waals surface area contributed by atoms with Crippen LogP contribution in [0.3, 0.4) is 0 Å². The minimum absolute atomic E-state index is 0.334. The zero-order chi connectivity index (χ0) is 9.07. The molecule has 0 aromatic rings. The van der Waals surface area contributed by atoms with Crippen LogP contribution in [0.15, 0.2) is 0 Å². The van der Waals surface area contributed by atoms with Gasteiger partial charge in [-0.3, -0.25) is 0 Å². The smallest absolute Gasteiger partial charge is 0.362 e. The molecular weight excluding hydrogens is 163 g/mol. The van der Waals surface area contributed by atoms with E-state index in [1.807, 2.05) is 13.8 Å². The second-order valence-electron chi connectivity index (χ2n) is 3.45. The Morgan fingerprint density at radius 1 is 1.55 bits per heavy atom. The van der Waals surface area contributed by atoms with E-state index in [9.17, 15) is 4.57 Å². The molecule has 0 saturated heterocycles. The molecule has 3 nitrogen and oxygen atoms in total. The molecule has 0 heterocycles. The SMILES string of the molecule is CC(C)C[P+](=O)OC(C)(C)O. The lowest BCUT2D eigenvalue weighted by molar-refractivity contribution is -0.0992. The Bertz CT molecular complexity index is 137.